The first-order valence-corrected chi connectivity index (χ1v) is 13.2. The van der Waals surface area contributed by atoms with Crippen molar-refractivity contribution in [3.05, 3.63) is 101 Å². The number of nitrogens with one attached hydrogen (secondary N) is 3. The van der Waals surface area contributed by atoms with Crippen LogP contribution in [0.25, 0.3) is 0 Å². The van der Waals surface area contributed by atoms with Crippen LogP contribution in [0.1, 0.15) is 60.3 Å². The summed E-state index contributed by atoms with van der Waals surface area (Å²) in [7, 11) is 0. The minimum atomic E-state index is -0.995. The maximum atomic E-state index is 13.9. The van der Waals surface area contributed by atoms with Gasteiger partial charge in [0.25, 0.3) is 5.91 Å². The Hall–Kier alpha value is -3.29. The number of aliphatic hydroxyl groups is 1. The molecule has 3 aromatic carbocycles. The summed E-state index contributed by atoms with van der Waals surface area (Å²) in [6.07, 6.45) is 0.877. The van der Waals surface area contributed by atoms with Crippen molar-refractivity contribution >= 4 is 11.6 Å². The Morgan fingerprint density at radius 2 is 1.74 bits per heavy atom. The lowest BCUT2D eigenvalue weighted by atomic mass is 9.86. The van der Waals surface area contributed by atoms with Gasteiger partial charge in [0.15, 0.2) is 0 Å². The Morgan fingerprint density at radius 1 is 1.03 bits per heavy atom. The maximum Gasteiger partial charge on any atom is 0.251 e. The SMILES string of the molecule is CC(C)(C)Cc1ccc2c(c1)[C@@H](NC[C@H](O)[C@H](Cc1cc(F)cc(F)c1)NC(=O)c1ccccc1)CCN2. The lowest BCUT2D eigenvalue weighted by Gasteiger charge is -2.31. The fourth-order valence-corrected chi connectivity index (χ4v) is 5.02. The first kappa shape index (κ1) is 27.7. The third-order valence-electron chi connectivity index (χ3n) is 6.74. The number of anilines is 1. The highest BCUT2D eigenvalue weighted by Crippen LogP contribution is 2.32. The van der Waals surface area contributed by atoms with E-state index in [1.165, 1.54) is 17.7 Å². The Kier molecular flexibility index (Phi) is 8.80. The summed E-state index contributed by atoms with van der Waals surface area (Å²) in [6, 6.07) is 17.7. The molecule has 1 aliphatic heterocycles. The van der Waals surface area contributed by atoms with E-state index < -0.39 is 23.8 Å². The molecule has 0 saturated heterocycles. The quantitative estimate of drug-likeness (QED) is 0.304. The van der Waals surface area contributed by atoms with E-state index in [9.17, 15) is 18.7 Å². The number of rotatable bonds is 9. The van der Waals surface area contributed by atoms with E-state index in [0.29, 0.717) is 11.1 Å². The number of hydrogen-bond acceptors (Lipinski definition) is 4. The van der Waals surface area contributed by atoms with Gasteiger partial charge in [-0.1, -0.05) is 51.1 Å². The number of fused-ring (bicyclic) bond motifs is 1. The molecule has 0 spiro atoms. The second kappa shape index (κ2) is 12.0. The zero-order valence-corrected chi connectivity index (χ0v) is 22.2. The van der Waals surface area contributed by atoms with Gasteiger partial charge in [-0.2, -0.15) is 0 Å². The van der Waals surface area contributed by atoms with Crippen LogP contribution in [0.2, 0.25) is 0 Å². The van der Waals surface area contributed by atoms with Gasteiger partial charge < -0.3 is 21.1 Å². The molecule has 0 aromatic heterocycles. The Labute approximate surface area is 223 Å². The number of amides is 1. The van der Waals surface area contributed by atoms with Gasteiger partial charge in [-0.3, -0.25) is 4.79 Å². The summed E-state index contributed by atoms with van der Waals surface area (Å²) in [5.41, 5.74) is 4.46. The van der Waals surface area contributed by atoms with Gasteiger partial charge in [-0.25, -0.2) is 8.78 Å². The van der Waals surface area contributed by atoms with Gasteiger partial charge in [0.1, 0.15) is 11.6 Å². The molecule has 7 heteroatoms. The van der Waals surface area contributed by atoms with Crippen molar-refractivity contribution in [3.63, 3.8) is 0 Å². The van der Waals surface area contributed by atoms with Gasteiger partial charge in [0.05, 0.1) is 12.1 Å². The van der Waals surface area contributed by atoms with E-state index in [1.807, 2.05) is 6.07 Å². The molecule has 0 aliphatic carbocycles. The van der Waals surface area contributed by atoms with Crippen molar-refractivity contribution < 1.29 is 18.7 Å². The number of carbonyl (C=O) groups is 1. The number of benzene rings is 3. The largest absolute Gasteiger partial charge is 0.390 e. The average molecular weight is 522 g/mol. The Bertz CT molecular complexity index is 1220. The van der Waals surface area contributed by atoms with Gasteiger partial charge in [-0.05, 0) is 71.7 Å². The predicted molar refractivity (Wildman–Crippen MR) is 147 cm³/mol. The van der Waals surface area contributed by atoms with E-state index in [0.717, 1.165) is 36.7 Å². The molecule has 0 saturated carbocycles. The normalized spacial score (nSPS) is 16.7. The van der Waals surface area contributed by atoms with Crippen molar-refractivity contribution in [1.29, 1.82) is 0 Å². The highest BCUT2D eigenvalue weighted by atomic mass is 19.1. The van der Waals surface area contributed by atoms with Gasteiger partial charge in [0, 0.05) is 36.4 Å². The van der Waals surface area contributed by atoms with Gasteiger partial charge in [-0.15, -0.1) is 0 Å². The van der Waals surface area contributed by atoms with Crippen LogP contribution >= 0.6 is 0 Å². The molecule has 3 aromatic rings. The average Bonchev–Trinajstić information content (AvgIpc) is 2.85. The third-order valence-corrected chi connectivity index (χ3v) is 6.74. The van der Waals surface area contributed by atoms with Crippen molar-refractivity contribution in [2.75, 3.05) is 18.4 Å². The minimum Gasteiger partial charge on any atom is -0.390 e. The lowest BCUT2D eigenvalue weighted by Crippen LogP contribution is -2.49. The topological polar surface area (TPSA) is 73.4 Å². The first-order valence-electron chi connectivity index (χ1n) is 13.2. The zero-order chi connectivity index (χ0) is 27.3. The van der Waals surface area contributed by atoms with Crippen LogP contribution in [0, 0.1) is 17.0 Å². The molecule has 1 heterocycles. The van der Waals surface area contributed by atoms with Gasteiger partial charge >= 0.3 is 0 Å². The summed E-state index contributed by atoms with van der Waals surface area (Å²) in [4.78, 5) is 12.9. The zero-order valence-electron chi connectivity index (χ0n) is 22.2. The predicted octanol–water partition coefficient (Wildman–Crippen LogP) is 5.40. The van der Waals surface area contributed by atoms with Crippen molar-refractivity contribution in [2.45, 2.75) is 58.2 Å². The minimum absolute atomic E-state index is 0.0258. The maximum absolute atomic E-state index is 13.9. The molecule has 202 valence electrons. The monoisotopic (exact) mass is 521 g/mol. The summed E-state index contributed by atoms with van der Waals surface area (Å²) >= 11 is 0. The number of hydrogen-bond donors (Lipinski definition) is 4. The highest BCUT2D eigenvalue weighted by Gasteiger charge is 2.26. The fraction of sp³-hybridized carbons (Fsp3) is 0.387. The van der Waals surface area contributed by atoms with Crippen molar-refractivity contribution in [2.24, 2.45) is 5.41 Å². The van der Waals surface area contributed by atoms with Gasteiger partial charge in [0.2, 0.25) is 0 Å². The van der Waals surface area contributed by atoms with Crippen LogP contribution in [0.4, 0.5) is 14.5 Å². The standard InChI is InChI=1S/C31H37F2N3O2/c1-31(2,3)18-20-9-10-26-25(15-20)27(11-12-34-26)35-19-29(37)28(16-21-13-23(32)17-24(33)14-21)36-30(38)22-7-5-4-6-8-22/h4-10,13-15,17,27-29,34-35,37H,11-12,16,18-19H2,1-3H3,(H,36,38)/t27-,28-,29-/m0/s1. The van der Waals surface area contributed by atoms with Crippen LogP contribution in [0.3, 0.4) is 0 Å². The van der Waals surface area contributed by atoms with Crippen LogP contribution < -0.4 is 16.0 Å². The smallest absolute Gasteiger partial charge is 0.251 e. The van der Waals surface area contributed by atoms with E-state index in [4.69, 9.17) is 0 Å². The first-order chi connectivity index (χ1) is 18.1. The van der Waals surface area contributed by atoms with E-state index >= 15 is 0 Å². The van der Waals surface area contributed by atoms with Crippen molar-refractivity contribution in [3.8, 4) is 0 Å². The number of halogens is 2. The summed E-state index contributed by atoms with van der Waals surface area (Å²) in [5.74, 6) is -1.75. The van der Waals surface area contributed by atoms with E-state index in [2.05, 4.69) is 54.9 Å². The van der Waals surface area contributed by atoms with Crippen LogP contribution in [0.5, 0.6) is 0 Å². The molecule has 3 atom stereocenters. The van der Waals surface area contributed by atoms with E-state index in [1.54, 1.807) is 24.3 Å². The molecule has 4 rings (SSSR count). The third kappa shape index (κ3) is 7.62. The fourth-order valence-electron chi connectivity index (χ4n) is 5.02. The second-order valence-electron chi connectivity index (χ2n) is 11.3. The van der Waals surface area contributed by atoms with Crippen molar-refractivity contribution in [1.82, 2.24) is 10.6 Å². The molecular weight excluding hydrogens is 484 g/mol. The van der Waals surface area contributed by atoms with Crippen LogP contribution in [-0.2, 0) is 12.8 Å². The second-order valence-corrected chi connectivity index (χ2v) is 11.3. The molecule has 1 amide bonds. The molecule has 1 aliphatic rings. The summed E-state index contributed by atoms with van der Waals surface area (Å²) < 4.78 is 27.7. The number of carbonyl (C=O) groups excluding carboxylic acids is 1. The highest BCUT2D eigenvalue weighted by molar-refractivity contribution is 5.94. The lowest BCUT2D eigenvalue weighted by molar-refractivity contribution is 0.0823. The molecule has 5 nitrogen and oxygen atoms in total. The molecule has 0 unspecified atom stereocenters. The van der Waals surface area contributed by atoms with E-state index in [-0.39, 0.29) is 30.3 Å². The molecule has 4 N–H and O–H groups in total. The summed E-state index contributed by atoms with van der Waals surface area (Å²) in [6.45, 7) is 7.64. The Balaban J connectivity index is 1.50. The summed E-state index contributed by atoms with van der Waals surface area (Å²) in [5, 5.41) is 21.0. The van der Waals surface area contributed by atoms with Crippen LogP contribution in [0.15, 0.2) is 66.7 Å². The molecule has 0 bridgehead atoms. The van der Waals surface area contributed by atoms with Crippen LogP contribution in [-0.4, -0.2) is 36.2 Å². The molecule has 0 fully saturated rings. The Morgan fingerprint density at radius 3 is 2.42 bits per heavy atom. The molecular formula is C31H37F2N3O2. The molecule has 0 radical (unpaired) electrons. The number of aliphatic hydroxyl groups excluding tert-OH is 1. The molecule has 38 heavy (non-hydrogen) atoms.